The number of halogens is 1. The number of aromatic hydroxyl groups is 1. The van der Waals surface area contributed by atoms with Crippen LogP contribution >= 0.6 is 0 Å². The van der Waals surface area contributed by atoms with Crippen LogP contribution in [0.15, 0.2) is 77.8 Å². The van der Waals surface area contributed by atoms with Crippen molar-refractivity contribution in [3.8, 4) is 11.5 Å². The number of phenolic OH excluding ortho intramolecular Hbond substituents is 1. The van der Waals surface area contributed by atoms with Gasteiger partial charge in [-0.15, -0.1) is 0 Å². The minimum atomic E-state index is -0.268. The number of ether oxygens (including phenoxy) is 1. The van der Waals surface area contributed by atoms with E-state index in [9.17, 15) is 9.50 Å². The fraction of sp³-hybridized carbons (Fsp3) is 0.361. The molecule has 0 aromatic heterocycles. The quantitative estimate of drug-likeness (QED) is 0.257. The molecule has 1 heterocycles. The van der Waals surface area contributed by atoms with Crippen LogP contribution in [0.5, 0.6) is 11.5 Å². The highest BCUT2D eigenvalue weighted by Gasteiger charge is 2.24. The standard InChI is InChI=1S/C36H41FN2O2/c1-4-25(2)23-38-35-22-29(10-9-26(35)3)33-8-5-7-28-21-30(40)13-16-34(28)36(33)27-11-14-31(15-12-27)41-32-17-20-39(24-32)19-6-18-37/h9-16,21-23,32,40H,2,4-8,17-20,24H2,1,3H3/b38-23-/t32-/m0/s1. The molecule has 0 saturated carbocycles. The van der Waals surface area contributed by atoms with Gasteiger partial charge in [0.05, 0.1) is 12.4 Å². The Morgan fingerprint density at radius 2 is 1.90 bits per heavy atom. The van der Waals surface area contributed by atoms with Gasteiger partial charge in [-0.1, -0.05) is 43.8 Å². The van der Waals surface area contributed by atoms with Gasteiger partial charge in [0.2, 0.25) is 0 Å². The number of alkyl halides is 1. The van der Waals surface area contributed by atoms with E-state index in [1.165, 1.54) is 22.3 Å². The maximum atomic E-state index is 12.6. The normalized spacial score (nSPS) is 17.6. The number of rotatable bonds is 10. The number of aliphatic imine (C=N–C) groups is 1. The second-order valence-corrected chi connectivity index (χ2v) is 11.2. The first kappa shape index (κ1) is 28.8. The van der Waals surface area contributed by atoms with Crippen LogP contribution in [-0.2, 0) is 6.42 Å². The number of hydrogen-bond acceptors (Lipinski definition) is 4. The van der Waals surface area contributed by atoms with Crippen molar-refractivity contribution in [2.24, 2.45) is 4.99 Å². The Balaban J connectivity index is 1.50. The molecule has 0 spiro atoms. The number of allylic oxidation sites excluding steroid dienone is 2. The van der Waals surface area contributed by atoms with Crippen molar-refractivity contribution in [2.45, 2.75) is 58.5 Å². The van der Waals surface area contributed by atoms with E-state index in [1.807, 2.05) is 12.3 Å². The van der Waals surface area contributed by atoms with E-state index in [0.717, 1.165) is 85.4 Å². The number of phenols is 1. The van der Waals surface area contributed by atoms with Crippen molar-refractivity contribution in [2.75, 3.05) is 26.3 Å². The highest BCUT2D eigenvalue weighted by molar-refractivity contribution is 6.00. The molecule has 5 rings (SSSR count). The number of fused-ring (bicyclic) bond motifs is 1. The molecule has 0 amide bonds. The monoisotopic (exact) mass is 552 g/mol. The first-order valence-electron chi connectivity index (χ1n) is 14.9. The Morgan fingerprint density at radius 3 is 2.68 bits per heavy atom. The Bertz CT molecular complexity index is 1440. The maximum Gasteiger partial charge on any atom is 0.119 e. The summed E-state index contributed by atoms with van der Waals surface area (Å²) < 4.78 is 18.9. The van der Waals surface area contributed by atoms with Crippen LogP contribution in [0, 0.1) is 6.92 Å². The summed E-state index contributed by atoms with van der Waals surface area (Å²) in [6.07, 6.45) is 7.25. The lowest BCUT2D eigenvalue weighted by Crippen LogP contribution is -2.26. The van der Waals surface area contributed by atoms with Crippen molar-refractivity contribution in [3.63, 3.8) is 0 Å². The molecular weight excluding hydrogens is 511 g/mol. The summed E-state index contributed by atoms with van der Waals surface area (Å²) in [5, 5.41) is 10.3. The molecule has 1 atom stereocenters. The molecule has 3 aromatic rings. The minimum absolute atomic E-state index is 0.132. The fourth-order valence-electron chi connectivity index (χ4n) is 5.85. The molecule has 1 aliphatic carbocycles. The van der Waals surface area contributed by atoms with Gasteiger partial charge in [-0.3, -0.25) is 14.3 Å². The molecular formula is C36H41FN2O2. The number of benzene rings is 3. The minimum Gasteiger partial charge on any atom is -0.508 e. The number of likely N-dealkylation sites (tertiary alicyclic amines) is 1. The third kappa shape index (κ3) is 6.97. The van der Waals surface area contributed by atoms with Crippen LogP contribution in [0.25, 0.3) is 11.1 Å². The summed E-state index contributed by atoms with van der Waals surface area (Å²) >= 11 is 0. The summed E-state index contributed by atoms with van der Waals surface area (Å²) in [6, 6.07) is 20.7. The summed E-state index contributed by atoms with van der Waals surface area (Å²) in [7, 11) is 0. The van der Waals surface area contributed by atoms with E-state index in [-0.39, 0.29) is 12.8 Å². The number of nitrogens with zero attached hydrogens (tertiary/aromatic N) is 2. The molecule has 214 valence electrons. The van der Waals surface area contributed by atoms with Crippen LogP contribution in [-0.4, -0.2) is 48.6 Å². The zero-order valence-electron chi connectivity index (χ0n) is 24.3. The van der Waals surface area contributed by atoms with Crippen molar-refractivity contribution < 1.29 is 14.2 Å². The van der Waals surface area contributed by atoms with E-state index in [1.54, 1.807) is 6.07 Å². The van der Waals surface area contributed by atoms with E-state index in [2.05, 4.69) is 73.9 Å². The molecule has 0 radical (unpaired) electrons. The Labute approximate surface area is 243 Å². The second kappa shape index (κ2) is 13.3. The van der Waals surface area contributed by atoms with Gasteiger partial charge in [0, 0.05) is 25.8 Å². The molecule has 3 aromatic carbocycles. The second-order valence-electron chi connectivity index (χ2n) is 11.2. The van der Waals surface area contributed by atoms with E-state index in [0.29, 0.717) is 12.2 Å². The largest absolute Gasteiger partial charge is 0.508 e. The molecule has 4 nitrogen and oxygen atoms in total. The Hall–Kier alpha value is -3.70. The van der Waals surface area contributed by atoms with Crippen LogP contribution < -0.4 is 4.74 Å². The van der Waals surface area contributed by atoms with Gasteiger partial charge in [0.15, 0.2) is 0 Å². The fourth-order valence-corrected chi connectivity index (χ4v) is 5.85. The molecule has 0 bridgehead atoms. The lowest BCUT2D eigenvalue weighted by molar-refractivity contribution is 0.198. The number of aryl methyl sites for hydroxylation is 2. The number of hydrogen-bond donors (Lipinski definition) is 1. The lowest BCUT2D eigenvalue weighted by atomic mass is 9.87. The Morgan fingerprint density at radius 1 is 1.10 bits per heavy atom. The van der Waals surface area contributed by atoms with Gasteiger partial charge in [0.1, 0.15) is 17.6 Å². The van der Waals surface area contributed by atoms with Gasteiger partial charge in [-0.25, -0.2) is 0 Å². The summed E-state index contributed by atoms with van der Waals surface area (Å²) in [5.41, 5.74) is 10.2. The summed E-state index contributed by atoms with van der Waals surface area (Å²) in [5.74, 6) is 1.16. The summed E-state index contributed by atoms with van der Waals surface area (Å²) in [4.78, 5) is 7.06. The predicted octanol–water partition coefficient (Wildman–Crippen LogP) is 8.48. The zero-order valence-corrected chi connectivity index (χ0v) is 24.3. The van der Waals surface area contributed by atoms with Gasteiger partial charge >= 0.3 is 0 Å². The van der Waals surface area contributed by atoms with Crippen molar-refractivity contribution in [3.05, 3.63) is 101 Å². The molecule has 41 heavy (non-hydrogen) atoms. The smallest absolute Gasteiger partial charge is 0.119 e. The van der Waals surface area contributed by atoms with Gasteiger partial charge in [0.25, 0.3) is 0 Å². The highest BCUT2D eigenvalue weighted by Crippen LogP contribution is 2.42. The topological polar surface area (TPSA) is 45.1 Å². The third-order valence-corrected chi connectivity index (χ3v) is 8.21. The van der Waals surface area contributed by atoms with Crippen molar-refractivity contribution in [1.29, 1.82) is 0 Å². The van der Waals surface area contributed by atoms with Crippen LogP contribution in [0.2, 0.25) is 0 Å². The van der Waals surface area contributed by atoms with Crippen molar-refractivity contribution in [1.82, 2.24) is 4.90 Å². The summed E-state index contributed by atoms with van der Waals surface area (Å²) in [6.45, 7) is 10.6. The van der Waals surface area contributed by atoms with E-state index < -0.39 is 0 Å². The average molecular weight is 553 g/mol. The Kier molecular flexibility index (Phi) is 9.35. The molecule has 1 N–H and O–H groups in total. The van der Waals surface area contributed by atoms with E-state index >= 15 is 0 Å². The molecule has 5 heteroatoms. The van der Waals surface area contributed by atoms with Gasteiger partial charge < -0.3 is 9.84 Å². The van der Waals surface area contributed by atoms with Crippen LogP contribution in [0.3, 0.4) is 0 Å². The highest BCUT2D eigenvalue weighted by atomic mass is 19.1. The average Bonchev–Trinajstić information content (AvgIpc) is 3.34. The molecule has 1 saturated heterocycles. The van der Waals surface area contributed by atoms with Crippen LogP contribution in [0.1, 0.15) is 66.8 Å². The third-order valence-electron chi connectivity index (χ3n) is 8.21. The molecule has 1 fully saturated rings. The van der Waals surface area contributed by atoms with Crippen molar-refractivity contribution >= 4 is 23.0 Å². The SMILES string of the molecule is C=C(/C=N\c1cc(C2=C(c3ccc(O[C@H]4CCN(CCCF)C4)cc3)c3ccc(O)cc3CCC2)ccc1C)CC. The van der Waals surface area contributed by atoms with Gasteiger partial charge in [-0.2, -0.15) is 0 Å². The first-order chi connectivity index (χ1) is 19.9. The molecule has 0 unspecified atom stereocenters. The zero-order chi connectivity index (χ0) is 28.8. The van der Waals surface area contributed by atoms with Gasteiger partial charge in [-0.05, 0) is 120 Å². The van der Waals surface area contributed by atoms with Crippen LogP contribution in [0.4, 0.5) is 10.1 Å². The maximum absolute atomic E-state index is 12.6. The lowest BCUT2D eigenvalue weighted by Gasteiger charge is -2.19. The molecule has 2 aliphatic rings. The molecule has 1 aliphatic heterocycles. The van der Waals surface area contributed by atoms with E-state index in [4.69, 9.17) is 9.73 Å². The predicted molar refractivity (Wildman–Crippen MR) is 168 cm³/mol. The first-order valence-corrected chi connectivity index (χ1v) is 14.9.